The van der Waals surface area contributed by atoms with Crippen LogP contribution < -0.4 is 5.32 Å². The molecule has 2 N–H and O–H groups in total. The number of carbonyl (C=O) groups is 2. The molecule has 1 fully saturated rings. The highest BCUT2D eigenvalue weighted by molar-refractivity contribution is 5.88. The summed E-state index contributed by atoms with van der Waals surface area (Å²) in [5.41, 5.74) is -0.0191. The fraction of sp³-hybridized carbons (Fsp3) is 0.688. The average molecular weight is 305 g/mol. The predicted molar refractivity (Wildman–Crippen MR) is 80.2 cm³/mol. The van der Waals surface area contributed by atoms with Crippen molar-refractivity contribution >= 4 is 11.9 Å². The molecule has 0 bridgehead atoms. The highest BCUT2D eigenvalue weighted by atomic mass is 16.4. The Kier molecular flexibility index (Phi) is 3.93. The molecule has 6 nitrogen and oxygen atoms in total. The van der Waals surface area contributed by atoms with E-state index in [4.69, 9.17) is 0 Å². The van der Waals surface area contributed by atoms with E-state index in [-0.39, 0.29) is 11.8 Å². The SMILES string of the molecule is CC1CCC(NC(=O)C2CCn3cncc3C2)(C(=O)O)CC1. The summed E-state index contributed by atoms with van der Waals surface area (Å²) < 4.78 is 2.05. The van der Waals surface area contributed by atoms with E-state index in [0.29, 0.717) is 25.2 Å². The monoisotopic (exact) mass is 305 g/mol. The Morgan fingerprint density at radius 2 is 2.09 bits per heavy atom. The van der Waals surface area contributed by atoms with Crippen LogP contribution in [-0.2, 0) is 22.6 Å². The predicted octanol–water partition coefficient (Wildman–Crippen LogP) is 1.60. The van der Waals surface area contributed by atoms with E-state index >= 15 is 0 Å². The molecule has 22 heavy (non-hydrogen) atoms. The maximum Gasteiger partial charge on any atom is 0.329 e. The topological polar surface area (TPSA) is 84.2 Å². The Bertz CT molecular complexity index is 573. The fourth-order valence-corrected chi connectivity index (χ4v) is 3.58. The van der Waals surface area contributed by atoms with Crippen LogP contribution >= 0.6 is 0 Å². The number of nitrogens with zero attached hydrogens (tertiary/aromatic N) is 2. The molecule has 0 spiro atoms. The van der Waals surface area contributed by atoms with Gasteiger partial charge in [0, 0.05) is 30.8 Å². The second kappa shape index (κ2) is 5.74. The molecule has 1 saturated carbocycles. The first kappa shape index (κ1) is 15.1. The Morgan fingerprint density at radius 1 is 1.36 bits per heavy atom. The molecule has 1 unspecified atom stereocenters. The summed E-state index contributed by atoms with van der Waals surface area (Å²) in [6.45, 7) is 2.90. The van der Waals surface area contributed by atoms with Crippen molar-refractivity contribution in [3.8, 4) is 0 Å². The van der Waals surface area contributed by atoms with Gasteiger partial charge in [0.25, 0.3) is 0 Å². The third-order valence-corrected chi connectivity index (χ3v) is 5.24. The molecule has 0 aromatic carbocycles. The van der Waals surface area contributed by atoms with Gasteiger partial charge in [0.1, 0.15) is 5.54 Å². The number of rotatable bonds is 3. The highest BCUT2D eigenvalue weighted by Gasteiger charge is 2.43. The smallest absolute Gasteiger partial charge is 0.329 e. The number of carboxylic acids is 1. The molecule has 1 amide bonds. The maximum absolute atomic E-state index is 12.6. The van der Waals surface area contributed by atoms with Crippen LogP contribution in [-0.4, -0.2) is 32.1 Å². The van der Waals surface area contributed by atoms with Gasteiger partial charge in [0.2, 0.25) is 5.91 Å². The second-order valence-electron chi connectivity index (χ2n) is 6.83. The van der Waals surface area contributed by atoms with Crippen LogP contribution in [0.25, 0.3) is 0 Å². The van der Waals surface area contributed by atoms with Gasteiger partial charge in [0.15, 0.2) is 0 Å². The minimum absolute atomic E-state index is 0.121. The molecule has 3 rings (SSSR count). The van der Waals surface area contributed by atoms with Gasteiger partial charge in [-0.15, -0.1) is 0 Å². The van der Waals surface area contributed by atoms with Crippen molar-refractivity contribution in [3.05, 3.63) is 18.2 Å². The van der Waals surface area contributed by atoms with E-state index in [2.05, 4.69) is 21.8 Å². The Balaban J connectivity index is 1.69. The molecule has 1 aromatic rings. The number of amides is 1. The van der Waals surface area contributed by atoms with E-state index in [1.54, 1.807) is 12.5 Å². The maximum atomic E-state index is 12.6. The van der Waals surface area contributed by atoms with Gasteiger partial charge >= 0.3 is 5.97 Å². The van der Waals surface area contributed by atoms with Crippen LogP contribution in [0.3, 0.4) is 0 Å². The van der Waals surface area contributed by atoms with E-state index < -0.39 is 11.5 Å². The molecule has 1 aliphatic carbocycles. The van der Waals surface area contributed by atoms with Crippen molar-refractivity contribution in [1.29, 1.82) is 0 Å². The molecule has 1 aliphatic heterocycles. The zero-order valence-electron chi connectivity index (χ0n) is 12.9. The Morgan fingerprint density at radius 3 is 2.77 bits per heavy atom. The standard InChI is InChI=1S/C16H23N3O3/c1-11-2-5-16(6-3-11,15(21)22)18-14(20)12-4-7-19-10-17-9-13(19)8-12/h9-12H,2-8H2,1H3,(H,18,20)(H,21,22). The van der Waals surface area contributed by atoms with Crippen LogP contribution in [0.4, 0.5) is 0 Å². The van der Waals surface area contributed by atoms with Crippen LogP contribution in [0.5, 0.6) is 0 Å². The number of aryl methyl sites for hydroxylation is 1. The van der Waals surface area contributed by atoms with Crippen LogP contribution in [0, 0.1) is 11.8 Å². The highest BCUT2D eigenvalue weighted by Crippen LogP contribution is 2.33. The van der Waals surface area contributed by atoms with Gasteiger partial charge in [-0.2, -0.15) is 0 Å². The van der Waals surface area contributed by atoms with Crippen molar-refractivity contribution in [2.24, 2.45) is 11.8 Å². The van der Waals surface area contributed by atoms with Gasteiger partial charge in [0.05, 0.1) is 6.33 Å². The summed E-state index contributed by atoms with van der Waals surface area (Å²) in [4.78, 5) is 28.4. The second-order valence-corrected chi connectivity index (χ2v) is 6.83. The lowest BCUT2D eigenvalue weighted by Crippen LogP contribution is -2.58. The van der Waals surface area contributed by atoms with Gasteiger partial charge in [-0.3, -0.25) is 4.79 Å². The van der Waals surface area contributed by atoms with Gasteiger partial charge < -0.3 is 15.0 Å². The number of imidazole rings is 1. The number of carbonyl (C=O) groups excluding carboxylic acids is 1. The van der Waals surface area contributed by atoms with Gasteiger partial charge in [-0.05, 0) is 38.0 Å². The van der Waals surface area contributed by atoms with Crippen molar-refractivity contribution < 1.29 is 14.7 Å². The number of hydrogen-bond donors (Lipinski definition) is 2. The summed E-state index contributed by atoms with van der Waals surface area (Å²) >= 11 is 0. The molecule has 0 radical (unpaired) electrons. The zero-order valence-corrected chi connectivity index (χ0v) is 12.9. The first-order valence-electron chi connectivity index (χ1n) is 8.04. The summed E-state index contributed by atoms with van der Waals surface area (Å²) in [6.07, 6.45) is 7.70. The number of fused-ring (bicyclic) bond motifs is 1. The molecule has 1 aromatic heterocycles. The minimum atomic E-state index is -1.07. The van der Waals surface area contributed by atoms with Crippen molar-refractivity contribution in [2.75, 3.05) is 0 Å². The molecular formula is C16H23N3O3. The first-order chi connectivity index (χ1) is 10.5. The minimum Gasteiger partial charge on any atom is -0.480 e. The van der Waals surface area contributed by atoms with Crippen LogP contribution in [0.2, 0.25) is 0 Å². The molecule has 1 atom stereocenters. The molecular weight excluding hydrogens is 282 g/mol. The number of nitrogens with one attached hydrogen (secondary N) is 1. The number of hydrogen-bond acceptors (Lipinski definition) is 3. The first-order valence-corrected chi connectivity index (χ1v) is 8.04. The third kappa shape index (κ3) is 2.74. The Labute approximate surface area is 129 Å². The molecule has 0 saturated heterocycles. The molecule has 2 aliphatic rings. The van der Waals surface area contributed by atoms with Crippen LogP contribution in [0.1, 0.15) is 44.7 Å². The summed E-state index contributed by atoms with van der Waals surface area (Å²) in [6, 6.07) is 0. The van der Waals surface area contributed by atoms with Crippen molar-refractivity contribution in [3.63, 3.8) is 0 Å². The van der Waals surface area contributed by atoms with Crippen molar-refractivity contribution in [2.45, 2.75) is 57.5 Å². The third-order valence-electron chi connectivity index (χ3n) is 5.24. The van der Waals surface area contributed by atoms with Crippen LogP contribution in [0.15, 0.2) is 12.5 Å². The van der Waals surface area contributed by atoms with E-state index in [1.807, 2.05) is 0 Å². The molecule has 2 heterocycles. The summed E-state index contributed by atoms with van der Waals surface area (Å²) in [7, 11) is 0. The van der Waals surface area contributed by atoms with Gasteiger partial charge in [-0.25, -0.2) is 9.78 Å². The number of carboxylic acid groups (broad SMARTS) is 1. The molecule has 6 heteroatoms. The quantitative estimate of drug-likeness (QED) is 0.888. The average Bonchev–Trinajstić information content (AvgIpc) is 2.97. The largest absolute Gasteiger partial charge is 0.480 e. The summed E-state index contributed by atoms with van der Waals surface area (Å²) in [5, 5.41) is 12.5. The molecule has 120 valence electrons. The van der Waals surface area contributed by atoms with Gasteiger partial charge in [-0.1, -0.05) is 6.92 Å². The van der Waals surface area contributed by atoms with E-state index in [0.717, 1.165) is 31.5 Å². The normalized spacial score (nSPS) is 31.3. The number of aromatic nitrogens is 2. The lowest BCUT2D eigenvalue weighted by atomic mass is 9.76. The van der Waals surface area contributed by atoms with E-state index in [9.17, 15) is 14.7 Å². The fourth-order valence-electron chi connectivity index (χ4n) is 3.58. The van der Waals surface area contributed by atoms with E-state index in [1.165, 1.54) is 0 Å². The number of aliphatic carboxylic acids is 1. The zero-order chi connectivity index (χ0) is 15.7. The summed E-state index contributed by atoms with van der Waals surface area (Å²) in [5.74, 6) is -0.633. The lowest BCUT2D eigenvalue weighted by Gasteiger charge is -2.37. The Hall–Kier alpha value is -1.85. The lowest BCUT2D eigenvalue weighted by molar-refractivity contribution is -0.150. The van der Waals surface area contributed by atoms with Crippen molar-refractivity contribution in [1.82, 2.24) is 14.9 Å².